The molecule has 28 heavy (non-hydrogen) atoms. The van der Waals surface area contributed by atoms with Crippen molar-refractivity contribution in [1.29, 1.82) is 0 Å². The Hall–Kier alpha value is -2.62. The Labute approximate surface area is 166 Å². The molecule has 4 nitrogen and oxygen atoms in total. The molecule has 1 saturated carbocycles. The number of carboxylic acids is 1. The van der Waals surface area contributed by atoms with E-state index in [2.05, 4.69) is 4.90 Å². The molecule has 2 aromatic carbocycles. The molecular weight excluding hydrogens is 350 g/mol. The van der Waals surface area contributed by atoms with E-state index in [4.69, 9.17) is 0 Å². The van der Waals surface area contributed by atoms with Gasteiger partial charge in [0.25, 0.3) is 0 Å². The van der Waals surface area contributed by atoms with Gasteiger partial charge in [0.15, 0.2) is 0 Å². The van der Waals surface area contributed by atoms with Crippen molar-refractivity contribution in [1.82, 2.24) is 4.90 Å². The van der Waals surface area contributed by atoms with Crippen LogP contribution in [-0.2, 0) is 11.2 Å². The van der Waals surface area contributed by atoms with Crippen molar-refractivity contribution in [3.63, 3.8) is 0 Å². The largest absolute Gasteiger partial charge is 0.478 e. The molecule has 1 aliphatic heterocycles. The molecule has 0 aromatic heterocycles. The minimum atomic E-state index is -0.927. The smallest absolute Gasteiger partial charge is 0.336 e. The van der Waals surface area contributed by atoms with Crippen molar-refractivity contribution in [2.24, 2.45) is 5.92 Å². The molecule has 1 amide bonds. The summed E-state index contributed by atoms with van der Waals surface area (Å²) in [6.45, 7) is 0.814. The third kappa shape index (κ3) is 3.68. The van der Waals surface area contributed by atoms with Crippen LogP contribution in [0.4, 0.5) is 0 Å². The second kappa shape index (κ2) is 8.17. The summed E-state index contributed by atoms with van der Waals surface area (Å²) in [6, 6.07) is 15.6. The van der Waals surface area contributed by atoms with Gasteiger partial charge >= 0.3 is 5.97 Å². The first-order valence-corrected chi connectivity index (χ1v) is 10.4. The third-order valence-electron chi connectivity index (χ3n) is 6.28. The zero-order chi connectivity index (χ0) is 19.5. The molecule has 1 N–H and O–H groups in total. The van der Waals surface area contributed by atoms with Gasteiger partial charge in [0.1, 0.15) is 0 Å². The molecule has 1 heterocycles. The van der Waals surface area contributed by atoms with Crippen molar-refractivity contribution in [2.45, 2.75) is 51.0 Å². The minimum Gasteiger partial charge on any atom is -0.478 e. The van der Waals surface area contributed by atoms with Gasteiger partial charge in [0.05, 0.1) is 5.56 Å². The summed E-state index contributed by atoms with van der Waals surface area (Å²) in [5, 5.41) is 9.91. The normalized spacial score (nSPS) is 20.5. The summed E-state index contributed by atoms with van der Waals surface area (Å²) in [5.41, 5.74) is 2.71. The van der Waals surface area contributed by atoms with Crippen LogP contribution in [0.15, 0.2) is 48.5 Å². The molecule has 1 saturated heterocycles. The highest BCUT2D eigenvalue weighted by Gasteiger charge is 2.36. The third-order valence-corrected chi connectivity index (χ3v) is 6.28. The van der Waals surface area contributed by atoms with E-state index in [0.29, 0.717) is 18.0 Å². The molecule has 2 fully saturated rings. The number of amides is 1. The SMILES string of the molecule is O=C(O)c1c(CC2CCN(C3CCCCC3)C2=O)cccc1-c1ccccc1. The first kappa shape index (κ1) is 18.7. The Morgan fingerprint density at radius 3 is 2.43 bits per heavy atom. The number of hydrogen-bond acceptors (Lipinski definition) is 2. The summed E-state index contributed by atoms with van der Waals surface area (Å²) in [4.78, 5) is 27.2. The summed E-state index contributed by atoms with van der Waals surface area (Å²) in [7, 11) is 0. The molecule has 0 bridgehead atoms. The number of hydrogen-bond donors (Lipinski definition) is 1. The lowest BCUT2D eigenvalue weighted by atomic mass is 9.89. The molecule has 0 radical (unpaired) electrons. The highest BCUT2D eigenvalue weighted by Crippen LogP contribution is 2.33. The van der Waals surface area contributed by atoms with Crippen LogP contribution in [0.25, 0.3) is 11.1 Å². The van der Waals surface area contributed by atoms with Crippen LogP contribution in [0.3, 0.4) is 0 Å². The standard InChI is InChI=1S/C24H27NO3/c26-23-19(14-15-25(23)20-11-5-2-6-12-20)16-18-10-7-13-21(22(18)24(27)28)17-8-3-1-4-9-17/h1,3-4,7-10,13,19-20H,2,5-6,11-12,14-16H2,(H,27,28). The number of aromatic carboxylic acids is 1. The van der Waals surface area contributed by atoms with Crippen molar-refractivity contribution >= 4 is 11.9 Å². The maximum absolute atomic E-state index is 13.0. The summed E-state index contributed by atoms with van der Waals surface area (Å²) >= 11 is 0. The molecule has 4 heteroatoms. The van der Waals surface area contributed by atoms with Crippen molar-refractivity contribution in [3.8, 4) is 11.1 Å². The van der Waals surface area contributed by atoms with E-state index in [0.717, 1.165) is 42.5 Å². The molecule has 1 aliphatic carbocycles. The van der Waals surface area contributed by atoms with Crippen LogP contribution in [0.2, 0.25) is 0 Å². The Bertz CT molecular complexity index is 855. The van der Waals surface area contributed by atoms with Crippen LogP contribution in [0, 0.1) is 5.92 Å². The number of carbonyl (C=O) groups is 2. The van der Waals surface area contributed by atoms with E-state index in [1.807, 2.05) is 48.5 Å². The highest BCUT2D eigenvalue weighted by atomic mass is 16.4. The van der Waals surface area contributed by atoms with Gasteiger partial charge < -0.3 is 10.0 Å². The van der Waals surface area contributed by atoms with Crippen LogP contribution in [0.5, 0.6) is 0 Å². The van der Waals surface area contributed by atoms with Gasteiger partial charge in [-0.1, -0.05) is 67.8 Å². The van der Waals surface area contributed by atoms with E-state index in [-0.39, 0.29) is 11.8 Å². The van der Waals surface area contributed by atoms with E-state index >= 15 is 0 Å². The number of carboxylic acid groups (broad SMARTS) is 1. The van der Waals surface area contributed by atoms with E-state index < -0.39 is 5.97 Å². The van der Waals surface area contributed by atoms with Gasteiger partial charge in [-0.3, -0.25) is 4.79 Å². The second-order valence-electron chi connectivity index (χ2n) is 8.02. The number of rotatable bonds is 5. The fourth-order valence-corrected chi connectivity index (χ4v) is 4.85. The zero-order valence-electron chi connectivity index (χ0n) is 16.1. The van der Waals surface area contributed by atoms with E-state index in [1.54, 1.807) is 0 Å². The minimum absolute atomic E-state index is 0.106. The average molecular weight is 377 g/mol. The molecule has 4 rings (SSSR count). The molecule has 2 aliphatic rings. The van der Waals surface area contributed by atoms with Crippen LogP contribution in [0.1, 0.15) is 54.4 Å². The highest BCUT2D eigenvalue weighted by molar-refractivity contribution is 5.98. The fourth-order valence-electron chi connectivity index (χ4n) is 4.85. The molecule has 2 aromatic rings. The quantitative estimate of drug-likeness (QED) is 0.816. The summed E-state index contributed by atoms with van der Waals surface area (Å²) in [5.74, 6) is -0.816. The predicted molar refractivity (Wildman–Crippen MR) is 109 cm³/mol. The lowest BCUT2D eigenvalue weighted by Gasteiger charge is -2.31. The van der Waals surface area contributed by atoms with E-state index in [9.17, 15) is 14.7 Å². The lowest BCUT2D eigenvalue weighted by molar-refractivity contribution is -0.133. The van der Waals surface area contributed by atoms with Crippen LogP contribution < -0.4 is 0 Å². The number of nitrogens with zero attached hydrogens (tertiary/aromatic N) is 1. The Morgan fingerprint density at radius 2 is 1.71 bits per heavy atom. The maximum Gasteiger partial charge on any atom is 0.336 e. The van der Waals surface area contributed by atoms with Gasteiger partial charge in [-0.2, -0.15) is 0 Å². The van der Waals surface area contributed by atoms with Gasteiger partial charge in [-0.25, -0.2) is 4.79 Å². The maximum atomic E-state index is 13.0. The van der Waals surface area contributed by atoms with Gasteiger partial charge in [0, 0.05) is 18.5 Å². The van der Waals surface area contributed by atoms with Crippen molar-refractivity contribution < 1.29 is 14.7 Å². The molecule has 1 atom stereocenters. The first-order chi connectivity index (χ1) is 13.6. The topological polar surface area (TPSA) is 57.6 Å². The number of likely N-dealkylation sites (tertiary alicyclic amines) is 1. The number of benzene rings is 2. The van der Waals surface area contributed by atoms with Crippen molar-refractivity contribution in [2.75, 3.05) is 6.54 Å². The Morgan fingerprint density at radius 1 is 0.964 bits per heavy atom. The Kier molecular flexibility index (Phi) is 5.47. The molecule has 1 unspecified atom stereocenters. The number of carbonyl (C=O) groups excluding carboxylic acids is 1. The first-order valence-electron chi connectivity index (χ1n) is 10.4. The monoisotopic (exact) mass is 377 g/mol. The van der Waals surface area contributed by atoms with E-state index in [1.165, 1.54) is 19.3 Å². The van der Waals surface area contributed by atoms with Gasteiger partial charge in [-0.05, 0) is 42.4 Å². The summed E-state index contributed by atoms with van der Waals surface area (Å²) in [6.07, 6.45) is 7.25. The zero-order valence-corrected chi connectivity index (χ0v) is 16.1. The van der Waals surface area contributed by atoms with Gasteiger partial charge in [-0.15, -0.1) is 0 Å². The molecule has 146 valence electrons. The van der Waals surface area contributed by atoms with Crippen molar-refractivity contribution in [3.05, 3.63) is 59.7 Å². The molecule has 0 spiro atoms. The predicted octanol–water partition coefficient (Wildman–Crippen LogP) is 4.78. The van der Waals surface area contributed by atoms with Crippen LogP contribution >= 0.6 is 0 Å². The fraction of sp³-hybridized carbons (Fsp3) is 0.417. The van der Waals surface area contributed by atoms with Crippen LogP contribution in [-0.4, -0.2) is 34.5 Å². The molecular formula is C24H27NO3. The Balaban J connectivity index is 1.58. The second-order valence-corrected chi connectivity index (χ2v) is 8.02. The van der Waals surface area contributed by atoms with Gasteiger partial charge in [0.2, 0.25) is 5.91 Å². The average Bonchev–Trinajstić information content (AvgIpc) is 3.09. The summed E-state index contributed by atoms with van der Waals surface area (Å²) < 4.78 is 0. The lowest BCUT2D eigenvalue weighted by Crippen LogP contribution is -2.39.